The molecule has 4 rings (SSSR count). The molecule has 0 amide bonds. The van der Waals surface area contributed by atoms with E-state index < -0.39 is 5.79 Å². The lowest BCUT2D eigenvalue weighted by Crippen LogP contribution is -2.34. The lowest BCUT2D eigenvalue weighted by atomic mass is 10.0. The van der Waals surface area contributed by atoms with E-state index in [1.54, 1.807) is 31.6 Å². The molecular weight excluding hydrogens is 377 g/mol. The maximum Gasteiger partial charge on any atom is 0.251 e. The van der Waals surface area contributed by atoms with Crippen LogP contribution >= 0.6 is 23.2 Å². The summed E-state index contributed by atoms with van der Waals surface area (Å²) in [5, 5.41) is 0.834. The van der Waals surface area contributed by atoms with Gasteiger partial charge in [0.2, 0.25) is 5.75 Å². The minimum absolute atomic E-state index is 0.0709. The summed E-state index contributed by atoms with van der Waals surface area (Å²) in [6, 6.07) is 3.43. The van der Waals surface area contributed by atoms with Crippen LogP contribution in [0.4, 0.5) is 0 Å². The van der Waals surface area contributed by atoms with Crippen LogP contribution in [0.2, 0.25) is 10.0 Å². The van der Waals surface area contributed by atoms with Gasteiger partial charge in [-0.15, -0.1) is 0 Å². The zero-order valence-corrected chi connectivity index (χ0v) is 15.7. The van der Waals surface area contributed by atoms with Crippen molar-refractivity contribution in [1.29, 1.82) is 0 Å². The predicted octanol–water partition coefficient (Wildman–Crippen LogP) is 4.28. The van der Waals surface area contributed by atoms with Crippen molar-refractivity contribution in [2.75, 3.05) is 7.11 Å². The minimum Gasteiger partial charge on any atom is -0.493 e. The summed E-state index contributed by atoms with van der Waals surface area (Å²) in [6.45, 7) is 0. The van der Waals surface area contributed by atoms with Gasteiger partial charge in [-0.05, 0) is 25.0 Å². The van der Waals surface area contributed by atoms with Crippen molar-refractivity contribution in [2.24, 2.45) is 0 Å². The second kappa shape index (κ2) is 6.63. The predicted molar refractivity (Wildman–Crippen MR) is 96.5 cm³/mol. The van der Waals surface area contributed by atoms with Crippen LogP contribution in [0.15, 0.2) is 24.5 Å². The first-order valence-corrected chi connectivity index (χ1v) is 9.25. The minimum atomic E-state index is -0.678. The first-order chi connectivity index (χ1) is 12.5. The molecule has 7 heteroatoms. The van der Waals surface area contributed by atoms with Crippen LogP contribution in [-0.4, -0.2) is 18.7 Å². The van der Waals surface area contributed by atoms with E-state index in [1.165, 1.54) is 0 Å². The van der Waals surface area contributed by atoms with E-state index >= 15 is 0 Å². The van der Waals surface area contributed by atoms with Gasteiger partial charge in [-0.2, -0.15) is 0 Å². The Morgan fingerprint density at radius 1 is 1.15 bits per heavy atom. The number of benzene rings is 1. The van der Waals surface area contributed by atoms with Gasteiger partial charge in [0.25, 0.3) is 5.79 Å². The first kappa shape index (κ1) is 17.4. The van der Waals surface area contributed by atoms with Crippen LogP contribution in [0, 0.1) is 0 Å². The second-order valence-corrected chi connectivity index (χ2v) is 7.34. The van der Waals surface area contributed by atoms with Crippen molar-refractivity contribution in [3.05, 3.63) is 45.7 Å². The summed E-state index contributed by atoms with van der Waals surface area (Å²) in [5.74, 6) is 0.691. The molecule has 1 aromatic heterocycles. The van der Waals surface area contributed by atoms with Gasteiger partial charge in [0.15, 0.2) is 29.7 Å². The Balaban J connectivity index is 1.70. The largest absolute Gasteiger partial charge is 0.493 e. The summed E-state index contributed by atoms with van der Waals surface area (Å²) in [6.07, 6.45) is 6.93. The van der Waals surface area contributed by atoms with Crippen LogP contribution in [0.3, 0.4) is 0 Å². The van der Waals surface area contributed by atoms with E-state index in [2.05, 4.69) is 4.98 Å². The van der Waals surface area contributed by atoms with Crippen molar-refractivity contribution in [3.63, 3.8) is 0 Å². The number of methoxy groups -OCH3 is 1. The molecule has 0 unspecified atom stereocenters. The van der Waals surface area contributed by atoms with Gasteiger partial charge in [0.1, 0.15) is 10.0 Å². The third-order valence-corrected chi connectivity index (χ3v) is 5.55. The number of H-pyrrole nitrogens is 1. The summed E-state index contributed by atoms with van der Waals surface area (Å²) in [5.41, 5.74) is 1.03. The van der Waals surface area contributed by atoms with Crippen LogP contribution in [0.25, 0.3) is 0 Å². The van der Waals surface area contributed by atoms with Gasteiger partial charge in [-0.25, -0.2) is 4.98 Å². The van der Waals surface area contributed by atoms with E-state index in [9.17, 15) is 4.79 Å². The van der Waals surface area contributed by atoms with Crippen molar-refractivity contribution in [3.8, 4) is 17.2 Å². The fourth-order valence-corrected chi connectivity index (χ4v) is 4.05. The quantitative estimate of drug-likeness (QED) is 0.725. The molecule has 1 aromatic carbocycles. The van der Waals surface area contributed by atoms with Gasteiger partial charge in [0.05, 0.1) is 12.7 Å². The smallest absolute Gasteiger partial charge is 0.251 e. The fraction of sp³-hybridized carbons (Fsp3) is 0.368. The van der Waals surface area contributed by atoms with Crippen molar-refractivity contribution in [2.45, 2.75) is 37.9 Å². The highest BCUT2D eigenvalue weighted by molar-refractivity contribution is 6.36. The molecule has 26 heavy (non-hydrogen) atoms. The van der Waals surface area contributed by atoms with Crippen LogP contribution in [-0.2, 0) is 6.42 Å². The van der Waals surface area contributed by atoms with E-state index in [0.29, 0.717) is 38.4 Å². The molecule has 1 saturated carbocycles. The topological polar surface area (TPSA) is 58.9 Å². The zero-order chi connectivity index (χ0) is 18.3. The number of nitrogens with one attached hydrogen (secondary N) is 1. The van der Waals surface area contributed by atoms with E-state index in [4.69, 9.17) is 37.4 Å². The Kier molecular flexibility index (Phi) is 4.45. The second-order valence-electron chi connectivity index (χ2n) is 6.53. The Morgan fingerprint density at radius 2 is 1.81 bits per heavy atom. The summed E-state index contributed by atoms with van der Waals surface area (Å²) >= 11 is 12.4. The fourth-order valence-electron chi connectivity index (χ4n) is 3.53. The summed E-state index contributed by atoms with van der Waals surface area (Å²) in [4.78, 5) is 15.8. The van der Waals surface area contributed by atoms with Crippen molar-refractivity contribution >= 4 is 29.0 Å². The number of pyridine rings is 1. The zero-order valence-electron chi connectivity index (χ0n) is 14.2. The Bertz CT molecular complexity index is 858. The summed E-state index contributed by atoms with van der Waals surface area (Å²) < 4.78 is 17.7. The summed E-state index contributed by atoms with van der Waals surface area (Å²) in [7, 11) is 1.57. The molecule has 1 aliphatic heterocycles. The van der Waals surface area contributed by atoms with Crippen LogP contribution < -0.4 is 19.2 Å². The number of rotatable bonds is 4. The maximum absolute atomic E-state index is 13.0. The monoisotopic (exact) mass is 394 g/mol. The molecule has 2 heterocycles. The van der Waals surface area contributed by atoms with Crippen LogP contribution in [0.1, 0.15) is 41.6 Å². The molecule has 1 N–H and O–H groups in total. The Hall–Kier alpha value is -1.98. The number of hydrogen-bond acceptors (Lipinski definition) is 4. The third-order valence-electron chi connectivity index (χ3n) is 4.87. The number of carbonyl (C=O) groups is 1. The van der Waals surface area contributed by atoms with Gasteiger partial charge in [-0.1, -0.05) is 23.2 Å². The number of ketones is 1. The molecule has 0 radical (unpaired) electrons. The van der Waals surface area contributed by atoms with E-state index in [-0.39, 0.29) is 12.2 Å². The molecule has 1 aliphatic carbocycles. The van der Waals surface area contributed by atoms with Crippen LogP contribution in [0.5, 0.6) is 17.2 Å². The molecule has 0 atom stereocenters. The number of aromatic amines is 1. The number of halogens is 2. The van der Waals surface area contributed by atoms with Gasteiger partial charge < -0.3 is 14.2 Å². The van der Waals surface area contributed by atoms with Gasteiger partial charge >= 0.3 is 0 Å². The first-order valence-electron chi connectivity index (χ1n) is 8.49. The number of hydrogen-bond donors (Lipinski definition) is 0. The van der Waals surface area contributed by atoms with Gasteiger partial charge in [0, 0.05) is 24.8 Å². The lowest BCUT2D eigenvalue weighted by molar-refractivity contribution is -0.377. The van der Waals surface area contributed by atoms with Gasteiger partial charge in [-0.3, -0.25) is 4.79 Å². The molecule has 2 aromatic rings. The average Bonchev–Trinajstić information content (AvgIpc) is 3.23. The van der Waals surface area contributed by atoms with E-state index in [1.807, 2.05) is 0 Å². The Labute approximate surface area is 161 Å². The third kappa shape index (κ3) is 2.89. The van der Waals surface area contributed by atoms with Crippen molar-refractivity contribution < 1.29 is 24.0 Å². The highest BCUT2D eigenvalue weighted by Gasteiger charge is 2.46. The number of ether oxygens (including phenoxy) is 3. The average molecular weight is 395 g/mol. The molecule has 0 saturated heterocycles. The van der Waals surface area contributed by atoms with E-state index in [0.717, 1.165) is 25.7 Å². The molecule has 5 nitrogen and oxygen atoms in total. The number of Topliss-reactive ketones (excluding diaryl/α,β-unsaturated/α-hetero) is 1. The Morgan fingerprint density at radius 3 is 2.46 bits per heavy atom. The molecule has 136 valence electrons. The molecule has 1 fully saturated rings. The standard InChI is InChI=1S/C19H17Cl2NO4/c1-24-16-5-4-11(15(23)8-12-13(20)9-22-10-14(12)21)17-18(16)26-19(25-17)6-2-3-7-19/h4-5,9-10H,2-3,6-8H2,1H3/p+1. The molecule has 0 bridgehead atoms. The molecular formula is C19H18Cl2NO4+. The lowest BCUT2D eigenvalue weighted by Gasteiger charge is -2.21. The molecule has 2 aliphatic rings. The highest BCUT2D eigenvalue weighted by atomic mass is 35.5. The maximum atomic E-state index is 13.0. The normalized spacial score (nSPS) is 16.9. The van der Waals surface area contributed by atoms with Crippen molar-refractivity contribution in [1.82, 2.24) is 0 Å². The SMILES string of the molecule is COc1ccc(C(=O)Cc2c(Cl)c[nH+]cc2Cl)c2c1OC1(CCCC1)O2. The number of aromatic nitrogens is 1. The number of fused-ring (bicyclic) bond motifs is 1. The molecule has 1 spiro atoms. The highest BCUT2D eigenvalue weighted by Crippen LogP contribution is 2.52. The number of carbonyl (C=O) groups excluding carboxylic acids is 1.